The molecule has 0 spiro atoms. The number of nitrogen functional groups attached to an aromatic ring is 1. The van der Waals surface area contributed by atoms with Crippen LogP contribution in [0.4, 0.5) is 5.95 Å². The van der Waals surface area contributed by atoms with Crippen molar-refractivity contribution in [1.29, 1.82) is 0 Å². The third kappa shape index (κ3) is 3.31. The topological polar surface area (TPSA) is 86.3 Å². The van der Waals surface area contributed by atoms with Crippen molar-refractivity contribution in [2.24, 2.45) is 0 Å². The monoisotopic (exact) mass is 289 g/mol. The molecule has 112 valence electrons. The van der Waals surface area contributed by atoms with Gasteiger partial charge in [0.15, 0.2) is 0 Å². The van der Waals surface area contributed by atoms with Gasteiger partial charge in [-0.25, -0.2) is 9.67 Å². The molecule has 1 heterocycles. The van der Waals surface area contributed by atoms with Crippen LogP contribution in [0.15, 0.2) is 30.6 Å². The zero-order valence-corrected chi connectivity index (χ0v) is 12.4. The summed E-state index contributed by atoms with van der Waals surface area (Å²) in [6, 6.07) is 7.53. The molecule has 0 saturated heterocycles. The molecule has 0 aliphatic rings. The van der Waals surface area contributed by atoms with E-state index in [0.717, 1.165) is 11.3 Å². The second-order valence-corrected chi connectivity index (χ2v) is 4.72. The van der Waals surface area contributed by atoms with Crippen molar-refractivity contribution in [3.05, 3.63) is 36.2 Å². The Labute approximate surface area is 123 Å². The highest BCUT2D eigenvalue weighted by atomic mass is 16.5. The van der Waals surface area contributed by atoms with E-state index in [2.05, 4.69) is 10.1 Å². The molecule has 2 aromatic rings. The molecule has 0 radical (unpaired) electrons. The zero-order chi connectivity index (χ0) is 15.4. The first-order valence-electron chi connectivity index (χ1n) is 6.56. The average Bonchev–Trinajstić information content (AvgIpc) is 2.90. The van der Waals surface area contributed by atoms with E-state index in [9.17, 15) is 4.79 Å². The molecule has 0 saturated carbocycles. The van der Waals surface area contributed by atoms with Crippen molar-refractivity contribution in [3.8, 4) is 5.75 Å². The highest BCUT2D eigenvalue weighted by Crippen LogP contribution is 2.28. The molecule has 2 N–H and O–H groups in total. The number of rotatable bonds is 5. The Morgan fingerprint density at radius 2 is 2.19 bits per heavy atom. The van der Waals surface area contributed by atoms with Gasteiger partial charge in [-0.2, -0.15) is 0 Å². The predicted molar refractivity (Wildman–Crippen MR) is 78.6 cm³/mol. The fraction of sp³-hybridized carbons (Fsp3) is 0.357. The molecule has 21 heavy (non-hydrogen) atoms. The van der Waals surface area contributed by atoms with Gasteiger partial charge in [-0.1, -0.05) is 18.2 Å². The lowest BCUT2D eigenvalue weighted by atomic mass is 10.1. The van der Waals surface area contributed by atoms with E-state index in [1.165, 1.54) is 11.0 Å². The summed E-state index contributed by atoms with van der Waals surface area (Å²) in [6.07, 6.45) is 1.44. The van der Waals surface area contributed by atoms with Crippen LogP contribution in [0.25, 0.3) is 0 Å². The summed E-state index contributed by atoms with van der Waals surface area (Å²) in [5.41, 5.74) is 6.39. The minimum atomic E-state index is -0.116. The third-order valence-electron chi connectivity index (χ3n) is 3.41. The lowest BCUT2D eigenvalue weighted by molar-refractivity contribution is -0.132. The van der Waals surface area contributed by atoms with Crippen molar-refractivity contribution in [1.82, 2.24) is 19.7 Å². The Morgan fingerprint density at radius 1 is 1.48 bits per heavy atom. The van der Waals surface area contributed by atoms with Crippen LogP contribution in [0.2, 0.25) is 0 Å². The summed E-state index contributed by atoms with van der Waals surface area (Å²) in [5.74, 6) is 0.830. The molecule has 1 amide bonds. The number of benzene rings is 1. The maximum Gasteiger partial charge on any atom is 0.244 e. The van der Waals surface area contributed by atoms with Crippen LogP contribution >= 0.6 is 0 Å². The third-order valence-corrected chi connectivity index (χ3v) is 3.41. The molecule has 1 unspecified atom stereocenters. The molecule has 7 heteroatoms. The van der Waals surface area contributed by atoms with Gasteiger partial charge in [0.05, 0.1) is 13.2 Å². The fourth-order valence-corrected chi connectivity index (χ4v) is 2.07. The van der Waals surface area contributed by atoms with Gasteiger partial charge in [0, 0.05) is 12.6 Å². The SMILES string of the molecule is COc1ccccc1C(C)N(C)C(=O)Cn1cnc(N)n1. The predicted octanol–water partition coefficient (Wildman–Crippen LogP) is 1.09. The molecule has 1 aromatic heterocycles. The van der Waals surface area contributed by atoms with Crippen LogP contribution in [-0.4, -0.2) is 39.7 Å². The molecule has 1 atom stereocenters. The Hall–Kier alpha value is -2.57. The van der Waals surface area contributed by atoms with Crippen molar-refractivity contribution in [2.45, 2.75) is 19.5 Å². The second kappa shape index (κ2) is 6.25. The van der Waals surface area contributed by atoms with Crippen LogP contribution in [-0.2, 0) is 11.3 Å². The summed E-state index contributed by atoms with van der Waals surface area (Å²) in [7, 11) is 3.37. The zero-order valence-electron chi connectivity index (χ0n) is 12.4. The van der Waals surface area contributed by atoms with Crippen LogP contribution in [0.5, 0.6) is 5.75 Å². The Kier molecular flexibility index (Phi) is 4.42. The van der Waals surface area contributed by atoms with Gasteiger partial charge in [0.1, 0.15) is 18.6 Å². The number of hydrogen-bond donors (Lipinski definition) is 1. The highest BCUT2D eigenvalue weighted by Gasteiger charge is 2.20. The maximum absolute atomic E-state index is 12.3. The second-order valence-electron chi connectivity index (χ2n) is 4.72. The van der Waals surface area contributed by atoms with Crippen molar-refractivity contribution < 1.29 is 9.53 Å². The van der Waals surface area contributed by atoms with E-state index in [4.69, 9.17) is 10.5 Å². The average molecular weight is 289 g/mol. The van der Waals surface area contributed by atoms with Gasteiger partial charge in [-0.15, -0.1) is 5.10 Å². The number of hydrogen-bond acceptors (Lipinski definition) is 5. The molecule has 0 fully saturated rings. The van der Waals surface area contributed by atoms with Gasteiger partial charge in [-0.3, -0.25) is 4.79 Å². The minimum Gasteiger partial charge on any atom is -0.496 e. The highest BCUT2D eigenvalue weighted by molar-refractivity contribution is 5.76. The van der Waals surface area contributed by atoms with Crippen molar-refractivity contribution in [2.75, 3.05) is 19.9 Å². The number of ether oxygens (including phenoxy) is 1. The van der Waals surface area contributed by atoms with Gasteiger partial charge in [0.2, 0.25) is 11.9 Å². The summed E-state index contributed by atoms with van der Waals surface area (Å²) < 4.78 is 6.76. The molecule has 2 rings (SSSR count). The van der Waals surface area contributed by atoms with Gasteiger partial charge in [-0.05, 0) is 13.0 Å². The van der Waals surface area contributed by atoms with Gasteiger partial charge < -0.3 is 15.4 Å². The Bertz CT molecular complexity index is 625. The summed E-state index contributed by atoms with van der Waals surface area (Å²) in [6.45, 7) is 2.05. The summed E-state index contributed by atoms with van der Waals surface area (Å²) >= 11 is 0. The summed E-state index contributed by atoms with van der Waals surface area (Å²) in [4.78, 5) is 17.7. The number of para-hydroxylation sites is 1. The van der Waals surface area contributed by atoms with Gasteiger partial charge in [0.25, 0.3) is 0 Å². The van der Waals surface area contributed by atoms with E-state index >= 15 is 0 Å². The van der Waals surface area contributed by atoms with E-state index in [-0.39, 0.29) is 24.4 Å². The minimum absolute atomic E-state index is 0.0849. The number of likely N-dealkylation sites (N-methyl/N-ethyl adjacent to an activating group) is 1. The first kappa shape index (κ1) is 14.8. The van der Waals surface area contributed by atoms with Crippen molar-refractivity contribution in [3.63, 3.8) is 0 Å². The number of aromatic nitrogens is 3. The van der Waals surface area contributed by atoms with E-state index < -0.39 is 0 Å². The summed E-state index contributed by atoms with van der Waals surface area (Å²) in [5, 5.41) is 3.91. The van der Waals surface area contributed by atoms with Crippen LogP contribution < -0.4 is 10.5 Å². The molecular weight excluding hydrogens is 270 g/mol. The molecule has 0 aliphatic carbocycles. The normalized spacial score (nSPS) is 12.0. The standard InChI is InChI=1S/C14H19N5O2/c1-10(11-6-4-5-7-12(11)21-3)18(2)13(20)8-19-9-16-14(15)17-19/h4-7,9-10H,8H2,1-3H3,(H2,15,17). The molecule has 7 nitrogen and oxygen atoms in total. The number of methoxy groups -OCH3 is 1. The number of nitrogens with two attached hydrogens (primary N) is 1. The maximum atomic E-state index is 12.3. The van der Waals surface area contributed by atoms with Crippen molar-refractivity contribution >= 4 is 11.9 Å². The fourth-order valence-electron chi connectivity index (χ4n) is 2.07. The Morgan fingerprint density at radius 3 is 2.81 bits per heavy atom. The van der Waals surface area contributed by atoms with Crippen LogP contribution in [0.3, 0.4) is 0 Å². The number of carbonyl (C=O) groups is 1. The lowest BCUT2D eigenvalue weighted by Gasteiger charge is -2.26. The van der Waals surface area contributed by atoms with E-state index in [0.29, 0.717) is 0 Å². The Balaban J connectivity index is 2.11. The van der Waals surface area contributed by atoms with E-state index in [1.807, 2.05) is 31.2 Å². The number of amides is 1. The van der Waals surface area contributed by atoms with Gasteiger partial charge >= 0.3 is 0 Å². The molecule has 0 aliphatic heterocycles. The quantitative estimate of drug-likeness (QED) is 0.890. The molecular formula is C14H19N5O2. The molecule has 1 aromatic carbocycles. The number of carbonyl (C=O) groups excluding carboxylic acids is 1. The smallest absolute Gasteiger partial charge is 0.244 e. The molecule has 0 bridgehead atoms. The largest absolute Gasteiger partial charge is 0.496 e. The van der Waals surface area contributed by atoms with E-state index in [1.54, 1.807) is 19.1 Å². The van der Waals surface area contributed by atoms with Crippen LogP contribution in [0, 0.1) is 0 Å². The first-order valence-corrected chi connectivity index (χ1v) is 6.56. The lowest BCUT2D eigenvalue weighted by Crippen LogP contribution is -2.33. The number of anilines is 1. The number of nitrogens with zero attached hydrogens (tertiary/aromatic N) is 4. The first-order chi connectivity index (χ1) is 10.0. The van der Waals surface area contributed by atoms with Crippen LogP contribution in [0.1, 0.15) is 18.5 Å².